The SMILES string of the molecule is CC(NC(CO)CO)c1c(F)cccc1F. The molecule has 1 atom stereocenters. The van der Waals surface area contributed by atoms with Gasteiger partial charge in [0.2, 0.25) is 0 Å². The van der Waals surface area contributed by atoms with Crippen molar-refractivity contribution in [2.24, 2.45) is 0 Å². The Hall–Kier alpha value is -1.04. The van der Waals surface area contributed by atoms with Crippen LogP contribution >= 0.6 is 0 Å². The van der Waals surface area contributed by atoms with Crippen LogP contribution in [0.2, 0.25) is 0 Å². The van der Waals surface area contributed by atoms with E-state index in [0.29, 0.717) is 0 Å². The van der Waals surface area contributed by atoms with Gasteiger partial charge in [-0.25, -0.2) is 8.78 Å². The highest BCUT2D eigenvalue weighted by Crippen LogP contribution is 2.20. The Morgan fingerprint density at radius 2 is 1.69 bits per heavy atom. The van der Waals surface area contributed by atoms with Crippen LogP contribution < -0.4 is 5.32 Å². The molecular weight excluding hydrogens is 216 g/mol. The summed E-state index contributed by atoms with van der Waals surface area (Å²) in [6, 6.07) is 2.42. The summed E-state index contributed by atoms with van der Waals surface area (Å²) in [5, 5.41) is 20.4. The average Bonchev–Trinajstić information content (AvgIpc) is 2.25. The summed E-state index contributed by atoms with van der Waals surface area (Å²) in [5.74, 6) is -1.29. The fourth-order valence-electron chi connectivity index (χ4n) is 1.52. The Bertz CT molecular complexity index is 323. The second-order valence-corrected chi connectivity index (χ2v) is 3.59. The van der Waals surface area contributed by atoms with Crippen LogP contribution in [0, 0.1) is 11.6 Å². The zero-order valence-corrected chi connectivity index (χ0v) is 8.95. The Morgan fingerprint density at radius 1 is 1.19 bits per heavy atom. The monoisotopic (exact) mass is 231 g/mol. The lowest BCUT2D eigenvalue weighted by Gasteiger charge is -2.21. The van der Waals surface area contributed by atoms with Crippen LogP contribution in [0.15, 0.2) is 18.2 Å². The highest BCUT2D eigenvalue weighted by molar-refractivity contribution is 5.22. The molecule has 1 unspecified atom stereocenters. The van der Waals surface area contributed by atoms with Crippen LogP contribution in [0.4, 0.5) is 8.78 Å². The van der Waals surface area contributed by atoms with Gasteiger partial charge in [-0.3, -0.25) is 0 Å². The van der Waals surface area contributed by atoms with Crippen molar-refractivity contribution in [2.75, 3.05) is 13.2 Å². The third-order valence-corrected chi connectivity index (χ3v) is 2.36. The molecule has 1 aromatic rings. The normalized spacial score (nSPS) is 13.1. The van der Waals surface area contributed by atoms with Crippen LogP contribution in [0.1, 0.15) is 18.5 Å². The molecule has 0 spiro atoms. The summed E-state index contributed by atoms with van der Waals surface area (Å²) in [6.45, 7) is 0.980. The highest BCUT2D eigenvalue weighted by Gasteiger charge is 2.18. The molecule has 0 aliphatic heterocycles. The summed E-state index contributed by atoms with van der Waals surface area (Å²) in [5.41, 5.74) is -0.0885. The van der Waals surface area contributed by atoms with E-state index in [-0.39, 0.29) is 18.8 Å². The minimum absolute atomic E-state index is 0.0885. The molecule has 0 aliphatic carbocycles. The molecule has 0 aromatic heterocycles. The van der Waals surface area contributed by atoms with Crippen LogP contribution in [0.5, 0.6) is 0 Å². The quantitative estimate of drug-likeness (QED) is 0.707. The Kier molecular flexibility index (Phi) is 4.79. The maximum absolute atomic E-state index is 13.4. The number of hydrogen-bond acceptors (Lipinski definition) is 3. The van der Waals surface area contributed by atoms with E-state index < -0.39 is 23.7 Å². The van der Waals surface area contributed by atoms with E-state index in [0.717, 1.165) is 0 Å². The number of hydrogen-bond donors (Lipinski definition) is 3. The molecule has 16 heavy (non-hydrogen) atoms. The maximum atomic E-state index is 13.4. The summed E-state index contributed by atoms with van der Waals surface area (Å²) in [7, 11) is 0. The fraction of sp³-hybridized carbons (Fsp3) is 0.455. The van der Waals surface area contributed by atoms with E-state index in [9.17, 15) is 8.78 Å². The first-order valence-corrected chi connectivity index (χ1v) is 5.01. The molecule has 5 heteroatoms. The van der Waals surface area contributed by atoms with Crippen LogP contribution in [0.3, 0.4) is 0 Å². The van der Waals surface area contributed by atoms with Gasteiger partial charge in [0.05, 0.1) is 19.3 Å². The average molecular weight is 231 g/mol. The maximum Gasteiger partial charge on any atom is 0.130 e. The van der Waals surface area contributed by atoms with E-state index >= 15 is 0 Å². The lowest BCUT2D eigenvalue weighted by Crippen LogP contribution is -2.38. The topological polar surface area (TPSA) is 52.5 Å². The zero-order valence-electron chi connectivity index (χ0n) is 8.95. The Morgan fingerprint density at radius 3 is 2.12 bits per heavy atom. The van der Waals surface area contributed by atoms with Crippen LogP contribution in [-0.2, 0) is 0 Å². The molecule has 0 bridgehead atoms. The number of halogens is 2. The Balaban J connectivity index is 2.83. The van der Waals surface area contributed by atoms with Gasteiger partial charge in [0.1, 0.15) is 11.6 Å². The molecule has 3 nitrogen and oxygen atoms in total. The van der Waals surface area contributed by atoms with Crippen molar-refractivity contribution in [2.45, 2.75) is 19.0 Å². The number of nitrogens with one attached hydrogen (secondary N) is 1. The smallest absolute Gasteiger partial charge is 0.130 e. The molecule has 0 fully saturated rings. The lowest BCUT2D eigenvalue weighted by atomic mass is 10.1. The van der Waals surface area contributed by atoms with E-state index in [4.69, 9.17) is 10.2 Å². The minimum Gasteiger partial charge on any atom is -0.395 e. The zero-order chi connectivity index (χ0) is 12.1. The molecule has 90 valence electrons. The van der Waals surface area contributed by atoms with Gasteiger partial charge in [-0.1, -0.05) is 6.07 Å². The van der Waals surface area contributed by atoms with E-state index in [1.54, 1.807) is 6.92 Å². The Labute approximate surface area is 92.7 Å². The van der Waals surface area contributed by atoms with Gasteiger partial charge in [0.15, 0.2) is 0 Å². The summed E-state index contributed by atoms with van der Waals surface area (Å²) >= 11 is 0. The third-order valence-electron chi connectivity index (χ3n) is 2.36. The van der Waals surface area contributed by atoms with Gasteiger partial charge in [-0.2, -0.15) is 0 Å². The molecule has 1 rings (SSSR count). The van der Waals surface area contributed by atoms with Crippen molar-refractivity contribution >= 4 is 0 Å². The molecule has 0 saturated heterocycles. The van der Waals surface area contributed by atoms with Crippen molar-refractivity contribution < 1.29 is 19.0 Å². The van der Waals surface area contributed by atoms with Crippen molar-refractivity contribution in [3.63, 3.8) is 0 Å². The standard InChI is InChI=1S/C11H15F2NO2/c1-7(14-8(5-15)6-16)11-9(12)3-2-4-10(11)13/h2-4,7-8,14-16H,5-6H2,1H3. The predicted octanol–water partition coefficient (Wildman–Crippen LogP) is 0.969. The van der Waals surface area contributed by atoms with Crippen molar-refractivity contribution in [1.82, 2.24) is 5.32 Å². The first-order valence-electron chi connectivity index (χ1n) is 5.01. The molecule has 0 saturated carbocycles. The van der Waals surface area contributed by atoms with Crippen LogP contribution in [0.25, 0.3) is 0 Å². The number of rotatable bonds is 5. The largest absolute Gasteiger partial charge is 0.395 e. The van der Waals surface area contributed by atoms with E-state index in [2.05, 4.69) is 5.32 Å². The predicted molar refractivity (Wildman–Crippen MR) is 55.9 cm³/mol. The number of aliphatic hydroxyl groups excluding tert-OH is 2. The van der Waals surface area contributed by atoms with Gasteiger partial charge in [-0.15, -0.1) is 0 Å². The minimum atomic E-state index is -0.644. The first kappa shape index (κ1) is 13.0. The van der Waals surface area contributed by atoms with Crippen molar-refractivity contribution in [3.05, 3.63) is 35.4 Å². The second-order valence-electron chi connectivity index (χ2n) is 3.59. The van der Waals surface area contributed by atoms with Gasteiger partial charge < -0.3 is 15.5 Å². The highest BCUT2D eigenvalue weighted by atomic mass is 19.1. The summed E-state index contributed by atoms with van der Waals surface area (Å²) in [6.07, 6.45) is 0. The second kappa shape index (κ2) is 5.89. The number of aliphatic hydroxyl groups is 2. The molecule has 0 aliphatic rings. The van der Waals surface area contributed by atoms with Gasteiger partial charge in [0, 0.05) is 11.6 Å². The number of benzene rings is 1. The van der Waals surface area contributed by atoms with Crippen molar-refractivity contribution in [1.29, 1.82) is 0 Å². The van der Waals surface area contributed by atoms with E-state index in [1.807, 2.05) is 0 Å². The van der Waals surface area contributed by atoms with Crippen LogP contribution in [-0.4, -0.2) is 29.5 Å². The molecule has 0 heterocycles. The van der Waals surface area contributed by atoms with Crippen molar-refractivity contribution in [3.8, 4) is 0 Å². The molecule has 0 amide bonds. The van der Waals surface area contributed by atoms with Gasteiger partial charge >= 0.3 is 0 Å². The summed E-state index contributed by atoms with van der Waals surface area (Å²) < 4.78 is 26.7. The lowest BCUT2D eigenvalue weighted by molar-refractivity contribution is 0.162. The molecule has 1 aromatic carbocycles. The summed E-state index contributed by atoms with van der Waals surface area (Å²) in [4.78, 5) is 0. The third kappa shape index (κ3) is 2.98. The van der Waals surface area contributed by atoms with Gasteiger partial charge in [0.25, 0.3) is 0 Å². The van der Waals surface area contributed by atoms with Gasteiger partial charge in [-0.05, 0) is 19.1 Å². The molecular formula is C11H15F2NO2. The fourth-order valence-corrected chi connectivity index (χ4v) is 1.52. The molecule has 0 radical (unpaired) electrons. The first-order chi connectivity index (χ1) is 7.60. The molecule has 3 N–H and O–H groups in total. The van der Waals surface area contributed by atoms with E-state index in [1.165, 1.54) is 18.2 Å².